The Kier molecular flexibility index (Phi) is 12.2. The summed E-state index contributed by atoms with van der Waals surface area (Å²) in [6.45, 7) is 7.30. The predicted molar refractivity (Wildman–Crippen MR) is 53.0 cm³/mol. The van der Waals surface area contributed by atoms with E-state index in [1.165, 1.54) is 6.42 Å². The van der Waals surface area contributed by atoms with Crippen LogP contribution in [0.2, 0.25) is 0 Å². The molecular formula is C9H24N2. The summed E-state index contributed by atoms with van der Waals surface area (Å²) in [4.78, 5) is 2.25. The number of nitrogens with one attached hydrogen (secondary N) is 1. The first-order valence-electron chi connectivity index (χ1n) is 4.53. The largest absolute Gasteiger partial charge is 0.318 e. The lowest BCUT2D eigenvalue weighted by molar-refractivity contribution is 0.281. The topological polar surface area (TPSA) is 15.3 Å². The van der Waals surface area contributed by atoms with Crippen molar-refractivity contribution in [3.63, 3.8) is 0 Å². The van der Waals surface area contributed by atoms with Gasteiger partial charge in [0.2, 0.25) is 0 Å². The van der Waals surface area contributed by atoms with Crippen molar-refractivity contribution in [1.82, 2.24) is 10.2 Å². The Balaban J connectivity index is 0. The van der Waals surface area contributed by atoms with Crippen LogP contribution >= 0.6 is 0 Å². The van der Waals surface area contributed by atoms with E-state index in [9.17, 15) is 0 Å². The highest BCUT2D eigenvalue weighted by molar-refractivity contribution is 4.64. The first-order valence-corrected chi connectivity index (χ1v) is 4.53. The molecule has 0 heterocycles. The lowest BCUT2D eigenvalue weighted by atomic mass is 10.2. The number of nitrogens with zero attached hydrogens (tertiary/aromatic N) is 1. The molecule has 1 unspecified atom stereocenters. The van der Waals surface area contributed by atoms with Crippen molar-refractivity contribution < 1.29 is 0 Å². The molecule has 0 aliphatic carbocycles. The van der Waals surface area contributed by atoms with E-state index in [1.54, 1.807) is 0 Å². The zero-order valence-electron chi connectivity index (χ0n) is 8.94. The molecule has 0 amide bonds. The molecule has 0 aromatic carbocycles. The quantitative estimate of drug-likeness (QED) is 0.671. The Morgan fingerprint density at radius 3 is 1.82 bits per heavy atom. The second kappa shape index (κ2) is 9.92. The molecule has 0 radical (unpaired) electrons. The van der Waals surface area contributed by atoms with Gasteiger partial charge in [-0.3, -0.25) is 0 Å². The van der Waals surface area contributed by atoms with Crippen LogP contribution < -0.4 is 5.32 Å². The lowest BCUT2D eigenvalue weighted by Crippen LogP contribution is -2.35. The summed E-state index contributed by atoms with van der Waals surface area (Å²) in [7, 11) is 6.23. The summed E-state index contributed by atoms with van der Waals surface area (Å²) in [6, 6.07) is 0.690. The third-order valence-corrected chi connectivity index (χ3v) is 1.64. The van der Waals surface area contributed by atoms with Crippen LogP contribution in [0.5, 0.6) is 0 Å². The maximum atomic E-state index is 3.16. The summed E-state index contributed by atoms with van der Waals surface area (Å²) < 4.78 is 0. The molecule has 0 aliphatic heterocycles. The van der Waals surface area contributed by atoms with Gasteiger partial charge in [0, 0.05) is 12.6 Å². The van der Waals surface area contributed by atoms with Crippen LogP contribution in [0.1, 0.15) is 27.2 Å². The van der Waals surface area contributed by atoms with Crippen molar-refractivity contribution in [1.29, 1.82) is 0 Å². The molecule has 1 atom stereocenters. The van der Waals surface area contributed by atoms with Crippen molar-refractivity contribution in [2.45, 2.75) is 33.2 Å². The van der Waals surface area contributed by atoms with E-state index < -0.39 is 0 Å². The fourth-order valence-electron chi connectivity index (χ4n) is 0.928. The van der Waals surface area contributed by atoms with E-state index in [4.69, 9.17) is 0 Å². The van der Waals surface area contributed by atoms with Crippen LogP contribution in [0.3, 0.4) is 0 Å². The summed E-state index contributed by atoms with van der Waals surface area (Å²) in [5.41, 5.74) is 0. The fraction of sp³-hybridized carbons (Fsp3) is 1.00. The standard InChI is InChI=1S/C7H18N2.C2H6/c1-5-7(6-8-2)9(3)4;1-2/h7-8H,5-6H2,1-4H3;1-2H3. The molecule has 11 heavy (non-hydrogen) atoms. The Hall–Kier alpha value is -0.0800. The summed E-state index contributed by atoms with van der Waals surface area (Å²) in [5.74, 6) is 0. The van der Waals surface area contributed by atoms with Crippen LogP contribution in [-0.2, 0) is 0 Å². The van der Waals surface area contributed by atoms with E-state index in [2.05, 4.69) is 31.2 Å². The van der Waals surface area contributed by atoms with Crippen molar-refractivity contribution in [2.24, 2.45) is 0 Å². The van der Waals surface area contributed by atoms with Gasteiger partial charge < -0.3 is 10.2 Å². The summed E-state index contributed by atoms with van der Waals surface area (Å²) in [5, 5.41) is 3.16. The van der Waals surface area contributed by atoms with Crippen LogP contribution in [0.15, 0.2) is 0 Å². The highest BCUT2D eigenvalue weighted by atomic mass is 15.1. The lowest BCUT2D eigenvalue weighted by Gasteiger charge is -2.21. The summed E-state index contributed by atoms with van der Waals surface area (Å²) in [6.07, 6.45) is 1.22. The first kappa shape index (κ1) is 13.5. The van der Waals surface area contributed by atoms with Crippen molar-refractivity contribution in [3.8, 4) is 0 Å². The van der Waals surface area contributed by atoms with Gasteiger partial charge in [-0.2, -0.15) is 0 Å². The van der Waals surface area contributed by atoms with Gasteiger partial charge in [0.25, 0.3) is 0 Å². The molecular weight excluding hydrogens is 136 g/mol. The van der Waals surface area contributed by atoms with Gasteiger partial charge in [-0.25, -0.2) is 0 Å². The number of hydrogen-bond acceptors (Lipinski definition) is 2. The second-order valence-electron chi connectivity index (χ2n) is 2.58. The minimum atomic E-state index is 0.690. The maximum absolute atomic E-state index is 3.16. The van der Waals surface area contributed by atoms with Crippen molar-refractivity contribution in [2.75, 3.05) is 27.7 Å². The van der Waals surface area contributed by atoms with Gasteiger partial charge in [-0.05, 0) is 27.6 Å². The molecule has 0 aromatic heterocycles. The van der Waals surface area contributed by atoms with Gasteiger partial charge in [-0.15, -0.1) is 0 Å². The van der Waals surface area contributed by atoms with E-state index in [0.717, 1.165) is 6.54 Å². The SMILES string of the molecule is CC.CCC(CNC)N(C)C. The highest BCUT2D eigenvalue weighted by Crippen LogP contribution is 1.95. The average molecular weight is 160 g/mol. The molecule has 0 saturated heterocycles. The summed E-state index contributed by atoms with van der Waals surface area (Å²) >= 11 is 0. The average Bonchev–Trinajstić information content (AvgIpc) is 2.03. The van der Waals surface area contributed by atoms with E-state index in [1.807, 2.05) is 20.9 Å². The smallest absolute Gasteiger partial charge is 0.0211 e. The number of hydrogen-bond donors (Lipinski definition) is 1. The normalized spacial score (nSPS) is 12.3. The third-order valence-electron chi connectivity index (χ3n) is 1.64. The fourth-order valence-corrected chi connectivity index (χ4v) is 0.928. The number of likely N-dealkylation sites (N-methyl/N-ethyl adjacent to an activating group) is 2. The zero-order chi connectivity index (χ0) is 9.28. The third kappa shape index (κ3) is 7.82. The molecule has 0 rings (SSSR count). The molecule has 0 bridgehead atoms. The molecule has 2 heteroatoms. The van der Waals surface area contributed by atoms with E-state index in [0.29, 0.717) is 6.04 Å². The van der Waals surface area contributed by atoms with Gasteiger partial charge in [0.05, 0.1) is 0 Å². The van der Waals surface area contributed by atoms with Crippen LogP contribution in [0.25, 0.3) is 0 Å². The Morgan fingerprint density at radius 2 is 1.73 bits per heavy atom. The maximum Gasteiger partial charge on any atom is 0.0211 e. The molecule has 1 N–H and O–H groups in total. The minimum Gasteiger partial charge on any atom is -0.318 e. The number of rotatable bonds is 4. The molecule has 0 aliphatic rings. The van der Waals surface area contributed by atoms with Gasteiger partial charge in [0.1, 0.15) is 0 Å². The Bertz CT molecular complexity index is 62.6. The molecule has 0 spiro atoms. The van der Waals surface area contributed by atoms with Gasteiger partial charge >= 0.3 is 0 Å². The van der Waals surface area contributed by atoms with Crippen molar-refractivity contribution in [3.05, 3.63) is 0 Å². The van der Waals surface area contributed by atoms with Crippen LogP contribution in [0, 0.1) is 0 Å². The molecule has 0 saturated carbocycles. The molecule has 70 valence electrons. The van der Waals surface area contributed by atoms with Gasteiger partial charge in [-0.1, -0.05) is 20.8 Å². The van der Waals surface area contributed by atoms with Crippen molar-refractivity contribution >= 4 is 0 Å². The Morgan fingerprint density at radius 1 is 1.27 bits per heavy atom. The van der Waals surface area contributed by atoms with Crippen LogP contribution in [0.4, 0.5) is 0 Å². The van der Waals surface area contributed by atoms with Gasteiger partial charge in [0.15, 0.2) is 0 Å². The van der Waals surface area contributed by atoms with E-state index >= 15 is 0 Å². The predicted octanol–water partition coefficient (Wildman–Crippen LogP) is 1.57. The molecule has 0 fully saturated rings. The zero-order valence-corrected chi connectivity index (χ0v) is 8.94. The second-order valence-corrected chi connectivity index (χ2v) is 2.58. The monoisotopic (exact) mass is 160 g/mol. The molecule has 0 aromatic rings. The first-order chi connectivity index (χ1) is 5.22. The van der Waals surface area contributed by atoms with Crippen LogP contribution in [-0.4, -0.2) is 38.6 Å². The minimum absolute atomic E-state index is 0.690. The highest BCUT2D eigenvalue weighted by Gasteiger charge is 2.05. The Labute approximate surface area is 72.0 Å². The van der Waals surface area contributed by atoms with E-state index in [-0.39, 0.29) is 0 Å². The molecule has 2 nitrogen and oxygen atoms in total.